The molecule has 98 valence electrons. The standard InChI is InChI=1S/C18H13ClO/c19-14-8-5-12(6-9-14)13-7-10-16-15-3-1-2-4-17(15)20-18(16)11-13/h1-6,8-9,11H,7,10H2. The van der Waals surface area contributed by atoms with E-state index in [9.17, 15) is 0 Å². The molecular formula is C18H13ClO. The van der Waals surface area contributed by atoms with E-state index in [1.807, 2.05) is 24.3 Å². The monoisotopic (exact) mass is 280 g/mol. The van der Waals surface area contributed by atoms with Gasteiger partial charge in [0.2, 0.25) is 0 Å². The van der Waals surface area contributed by atoms with Crippen LogP contribution in [0, 0.1) is 0 Å². The van der Waals surface area contributed by atoms with Gasteiger partial charge >= 0.3 is 0 Å². The molecule has 0 atom stereocenters. The summed E-state index contributed by atoms with van der Waals surface area (Å²) >= 11 is 5.95. The molecule has 2 heteroatoms. The molecule has 3 aromatic rings. The van der Waals surface area contributed by atoms with Crippen LogP contribution < -0.4 is 0 Å². The molecule has 1 nitrogen and oxygen atoms in total. The van der Waals surface area contributed by atoms with E-state index in [-0.39, 0.29) is 0 Å². The number of furan rings is 1. The molecule has 1 aliphatic rings. The third kappa shape index (κ3) is 1.86. The van der Waals surface area contributed by atoms with E-state index >= 15 is 0 Å². The number of hydrogen-bond donors (Lipinski definition) is 0. The molecule has 20 heavy (non-hydrogen) atoms. The van der Waals surface area contributed by atoms with Crippen molar-refractivity contribution in [3.05, 3.63) is 70.4 Å². The van der Waals surface area contributed by atoms with E-state index in [1.54, 1.807) is 0 Å². The Morgan fingerprint density at radius 3 is 2.55 bits per heavy atom. The van der Waals surface area contributed by atoms with Gasteiger partial charge in [0.1, 0.15) is 11.3 Å². The Morgan fingerprint density at radius 2 is 1.70 bits per heavy atom. The lowest BCUT2D eigenvalue weighted by atomic mass is 9.91. The SMILES string of the molecule is Clc1ccc(C2=Cc3oc4ccccc4c3CC2)cc1. The largest absolute Gasteiger partial charge is 0.456 e. The molecule has 0 saturated heterocycles. The van der Waals surface area contributed by atoms with Crippen LogP contribution in [0.4, 0.5) is 0 Å². The van der Waals surface area contributed by atoms with Gasteiger partial charge in [-0.1, -0.05) is 41.9 Å². The van der Waals surface area contributed by atoms with Gasteiger partial charge in [0.15, 0.2) is 0 Å². The molecule has 0 N–H and O–H groups in total. The number of hydrogen-bond acceptors (Lipinski definition) is 1. The lowest BCUT2D eigenvalue weighted by Gasteiger charge is -2.13. The number of allylic oxidation sites excluding steroid dienone is 1. The number of halogens is 1. The summed E-state index contributed by atoms with van der Waals surface area (Å²) in [4.78, 5) is 0. The highest BCUT2D eigenvalue weighted by molar-refractivity contribution is 6.30. The summed E-state index contributed by atoms with van der Waals surface area (Å²) in [6.07, 6.45) is 4.24. The number of benzene rings is 2. The molecule has 0 bridgehead atoms. The van der Waals surface area contributed by atoms with Crippen LogP contribution in [0.3, 0.4) is 0 Å². The third-order valence-electron chi connectivity index (χ3n) is 3.89. The van der Waals surface area contributed by atoms with Crippen LogP contribution in [0.5, 0.6) is 0 Å². The summed E-state index contributed by atoms with van der Waals surface area (Å²) in [5.41, 5.74) is 4.85. The fourth-order valence-corrected chi connectivity index (χ4v) is 3.00. The summed E-state index contributed by atoms with van der Waals surface area (Å²) in [7, 11) is 0. The van der Waals surface area contributed by atoms with E-state index in [4.69, 9.17) is 16.0 Å². The Bertz CT molecular complexity index is 809. The zero-order chi connectivity index (χ0) is 13.5. The lowest BCUT2D eigenvalue weighted by molar-refractivity contribution is 0.596. The van der Waals surface area contributed by atoms with Gasteiger partial charge in [-0.2, -0.15) is 0 Å². The average molecular weight is 281 g/mol. The molecule has 1 aromatic heterocycles. The van der Waals surface area contributed by atoms with Gasteiger partial charge in [0.25, 0.3) is 0 Å². The molecule has 0 unspecified atom stereocenters. The first-order valence-corrected chi connectivity index (χ1v) is 7.16. The molecule has 0 fully saturated rings. The van der Waals surface area contributed by atoms with Crippen LogP contribution in [0.15, 0.2) is 52.9 Å². The van der Waals surface area contributed by atoms with Gasteiger partial charge in [-0.25, -0.2) is 0 Å². The Balaban J connectivity index is 1.83. The Labute approximate surface area is 122 Å². The maximum atomic E-state index is 5.96. The van der Waals surface area contributed by atoms with Crippen LogP contribution in [-0.4, -0.2) is 0 Å². The summed E-state index contributed by atoms with van der Waals surface area (Å²) < 4.78 is 5.96. The second-order valence-corrected chi connectivity index (χ2v) is 5.55. The molecule has 4 rings (SSSR count). The quantitative estimate of drug-likeness (QED) is 0.568. The van der Waals surface area contributed by atoms with Gasteiger partial charge in [-0.15, -0.1) is 0 Å². The van der Waals surface area contributed by atoms with Crippen molar-refractivity contribution in [1.29, 1.82) is 0 Å². The van der Waals surface area contributed by atoms with Crippen molar-refractivity contribution in [3.63, 3.8) is 0 Å². The van der Waals surface area contributed by atoms with E-state index in [0.717, 1.165) is 29.2 Å². The van der Waals surface area contributed by atoms with Crippen LogP contribution >= 0.6 is 11.6 Å². The van der Waals surface area contributed by atoms with Crippen LogP contribution in [0.2, 0.25) is 5.02 Å². The van der Waals surface area contributed by atoms with E-state index in [0.29, 0.717) is 0 Å². The highest BCUT2D eigenvalue weighted by Crippen LogP contribution is 2.36. The smallest absolute Gasteiger partial charge is 0.135 e. The molecule has 0 radical (unpaired) electrons. The number of para-hydroxylation sites is 1. The zero-order valence-corrected chi connectivity index (χ0v) is 11.7. The number of aryl methyl sites for hydroxylation is 1. The van der Waals surface area contributed by atoms with Crippen molar-refractivity contribution in [1.82, 2.24) is 0 Å². The van der Waals surface area contributed by atoms with Crippen molar-refractivity contribution >= 4 is 34.2 Å². The predicted octanol–water partition coefficient (Wildman–Crippen LogP) is 5.57. The number of fused-ring (bicyclic) bond motifs is 3. The van der Waals surface area contributed by atoms with Crippen molar-refractivity contribution in [3.8, 4) is 0 Å². The van der Waals surface area contributed by atoms with Gasteiger partial charge in [0, 0.05) is 16.0 Å². The van der Waals surface area contributed by atoms with Gasteiger partial charge in [0.05, 0.1) is 0 Å². The molecule has 0 amide bonds. The van der Waals surface area contributed by atoms with Gasteiger partial charge in [-0.05, 0) is 48.3 Å². The lowest BCUT2D eigenvalue weighted by Crippen LogP contribution is -1.96. The predicted molar refractivity (Wildman–Crippen MR) is 83.9 cm³/mol. The molecule has 0 saturated carbocycles. The highest BCUT2D eigenvalue weighted by Gasteiger charge is 2.18. The first kappa shape index (κ1) is 11.8. The zero-order valence-electron chi connectivity index (χ0n) is 10.9. The Kier molecular flexibility index (Phi) is 2.68. The van der Waals surface area contributed by atoms with Crippen molar-refractivity contribution in [2.45, 2.75) is 12.8 Å². The van der Waals surface area contributed by atoms with Crippen molar-refractivity contribution < 1.29 is 4.42 Å². The first-order chi connectivity index (χ1) is 9.81. The van der Waals surface area contributed by atoms with Crippen molar-refractivity contribution in [2.24, 2.45) is 0 Å². The van der Waals surface area contributed by atoms with Crippen LogP contribution in [0.25, 0.3) is 22.6 Å². The molecule has 1 aliphatic carbocycles. The van der Waals surface area contributed by atoms with Crippen molar-refractivity contribution in [2.75, 3.05) is 0 Å². The fraction of sp³-hybridized carbons (Fsp3) is 0.111. The first-order valence-electron chi connectivity index (χ1n) is 6.78. The highest BCUT2D eigenvalue weighted by atomic mass is 35.5. The minimum absolute atomic E-state index is 0.773. The maximum Gasteiger partial charge on any atom is 0.135 e. The summed E-state index contributed by atoms with van der Waals surface area (Å²) in [5, 5.41) is 2.02. The van der Waals surface area contributed by atoms with Crippen LogP contribution in [0.1, 0.15) is 23.3 Å². The molecule has 1 heterocycles. The van der Waals surface area contributed by atoms with E-state index in [1.165, 1.54) is 22.1 Å². The summed E-state index contributed by atoms with van der Waals surface area (Å²) in [6, 6.07) is 16.3. The minimum atomic E-state index is 0.773. The van der Waals surface area contributed by atoms with E-state index in [2.05, 4.69) is 30.3 Å². The third-order valence-corrected chi connectivity index (χ3v) is 4.15. The van der Waals surface area contributed by atoms with Gasteiger partial charge < -0.3 is 4.42 Å². The molecule has 0 spiro atoms. The Hall–Kier alpha value is -1.99. The minimum Gasteiger partial charge on any atom is -0.456 e. The van der Waals surface area contributed by atoms with Gasteiger partial charge in [-0.3, -0.25) is 0 Å². The summed E-state index contributed by atoms with van der Waals surface area (Å²) in [5.74, 6) is 1.00. The summed E-state index contributed by atoms with van der Waals surface area (Å²) in [6.45, 7) is 0. The maximum absolute atomic E-state index is 5.96. The normalized spacial score (nSPS) is 14.2. The second kappa shape index (κ2) is 4.53. The molecule has 2 aromatic carbocycles. The van der Waals surface area contributed by atoms with Crippen LogP contribution in [-0.2, 0) is 6.42 Å². The Morgan fingerprint density at radius 1 is 0.900 bits per heavy atom. The number of rotatable bonds is 1. The molecular weight excluding hydrogens is 268 g/mol. The topological polar surface area (TPSA) is 13.1 Å². The fourth-order valence-electron chi connectivity index (χ4n) is 2.87. The molecule has 0 aliphatic heterocycles. The second-order valence-electron chi connectivity index (χ2n) is 5.12. The average Bonchev–Trinajstić information content (AvgIpc) is 2.85. The van der Waals surface area contributed by atoms with E-state index < -0.39 is 0 Å².